The van der Waals surface area contributed by atoms with Crippen LogP contribution in [0.2, 0.25) is 0 Å². The van der Waals surface area contributed by atoms with Gasteiger partial charge in [0, 0.05) is 19.0 Å². The third kappa shape index (κ3) is 4.12. The normalized spacial score (nSPS) is 18.5. The maximum atomic E-state index is 12.2. The van der Waals surface area contributed by atoms with Gasteiger partial charge in [0.25, 0.3) is 0 Å². The maximum Gasteiger partial charge on any atom is 0.225 e. The fourth-order valence-electron chi connectivity index (χ4n) is 2.42. The Kier molecular flexibility index (Phi) is 4.78. The van der Waals surface area contributed by atoms with Gasteiger partial charge in [-0.25, -0.2) is 0 Å². The molecule has 16 heavy (non-hydrogen) atoms. The van der Waals surface area contributed by atoms with Crippen LogP contribution in [0.1, 0.15) is 52.9 Å². The van der Waals surface area contributed by atoms with E-state index < -0.39 is 5.60 Å². The second-order valence-electron chi connectivity index (χ2n) is 5.50. The van der Waals surface area contributed by atoms with Crippen molar-refractivity contribution >= 4 is 5.91 Å². The van der Waals surface area contributed by atoms with Gasteiger partial charge in [0.2, 0.25) is 5.91 Å². The van der Waals surface area contributed by atoms with E-state index in [2.05, 4.69) is 0 Å². The maximum absolute atomic E-state index is 12.2. The van der Waals surface area contributed by atoms with Gasteiger partial charge >= 0.3 is 0 Å². The number of hydrogen-bond acceptors (Lipinski definition) is 2. The molecule has 1 aliphatic rings. The monoisotopic (exact) mass is 227 g/mol. The van der Waals surface area contributed by atoms with Gasteiger partial charge < -0.3 is 10.0 Å². The first kappa shape index (κ1) is 13.5. The van der Waals surface area contributed by atoms with Crippen LogP contribution < -0.4 is 0 Å². The second kappa shape index (κ2) is 5.67. The molecule has 1 aliphatic carbocycles. The highest BCUT2D eigenvalue weighted by Crippen LogP contribution is 2.25. The Labute approximate surface area is 98.8 Å². The van der Waals surface area contributed by atoms with E-state index >= 15 is 0 Å². The summed E-state index contributed by atoms with van der Waals surface area (Å²) in [5.41, 5.74) is -0.791. The van der Waals surface area contributed by atoms with Crippen LogP contribution >= 0.6 is 0 Å². The van der Waals surface area contributed by atoms with Crippen molar-refractivity contribution in [3.63, 3.8) is 0 Å². The predicted molar refractivity (Wildman–Crippen MR) is 65.1 cm³/mol. The predicted octanol–water partition coefficient (Wildman–Crippen LogP) is 2.19. The largest absolute Gasteiger partial charge is 0.389 e. The molecule has 1 rings (SSSR count). The summed E-state index contributed by atoms with van der Waals surface area (Å²) in [6.07, 6.45) is 5.68. The summed E-state index contributed by atoms with van der Waals surface area (Å²) in [6, 6.07) is 0. The Balaban J connectivity index is 2.54. The summed E-state index contributed by atoms with van der Waals surface area (Å²) in [6.45, 7) is 6.62. The molecular weight excluding hydrogens is 202 g/mol. The van der Waals surface area contributed by atoms with Crippen LogP contribution in [0.15, 0.2) is 0 Å². The molecule has 1 saturated carbocycles. The van der Waals surface area contributed by atoms with Crippen molar-refractivity contribution < 1.29 is 9.90 Å². The van der Waals surface area contributed by atoms with E-state index in [4.69, 9.17) is 0 Å². The molecule has 0 atom stereocenters. The minimum Gasteiger partial charge on any atom is -0.389 e. The Morgan fingerprint density at radius 3 is 2.31 bits per heavy atom. The molecule has 0 aromatic rings. The molecule has 0 bridgehead atoms. The zero-order chi connectivity index (χ0) is 12.2. The molecule has 0 aromatic carbocycles. The minimum atomic E-state index is -0.791. The van der Waals surface area contributed by atoms with E-state index in [1.807, 2.05) is 6.92 Å². The summed E-state index contributed by atoms with van der Waals surface area (Å²) in [5, 5.41) is 9.77. The molecule has 0 aromatic heterocycles. The minimum absolute atomic E-state index is 0.205. The number of nitrogens with zero attached hydrogens (tertiary/aromatic N) is 1. The van der Waals surface area contributed by atoms with Crippen LogP contribution in [0, 0.1) is 5.92 Å². The van der Waals surface area contributed by atoms with Crippen LogP contribution in [0.5, 0.6) is 0 Å². The molecule has 3 heteroatoms. The Morgan fingerprint density at radius 2 is 1.88 bits per heavy atom. The van der Waals surface area contributed by atoms with Crippen molar-refractivity contribution in [2.45, 2.75) is 58.5 Å². The molecule has 0 aliphatic heterocycles. The fraction of sp³-hybridized carbons (Fsp3) is 0.923. The van der Waals surface area contributed by atoms with E-state index in [9.17, 15) is 9.90 Å². The number of amides is 1. The summed E-state index contributed by atoms with van der Waals surface area (Å²) in [7, 11) is 0. The summed E-state index contributed by atoms with van der Waals surface area (Å²) in [5.74, 6) is 0.445. The average Bonchev–Trinajstić information content (AvgIpc) is 2.25. The molecule has 1 fully saturated rings. The number of likely N-dealkylation sites (N-methyl/N-ethyl adjacent to an activating group) is 1. The Morgan fingerprint density at radius 1 is 1.31 bits per heavy atom. The van der Waals surface area contributed by atoms with Gasteiger partial charge in [-0.15, -0.1) is 0 Å². The van der Waals surface area contributed by atoms with Crippen molar-refractivity contribution in [3.8, 4) is 0 Å². The number of rotatable bonds is 4. The molecule has 3 nitrogen and oxygen atoms in total. The highest BCUT2D eigenvalue weighted by atomic mass is 16.3. The standard InChI is InChI=1S/C13H25NO2/c1-4-14(10-13(2,3)16)12(15)11-8-6-5-7-9-11/h11,16H,4-10H2,1-3H3. The van der Waals surface area contributed by atoms with Gasteiger partial charge in [-0.1, -0.05) is 19.3 Å². The SMILES string of the molecule is CCN(CC(C)(C)O)C(=O)C1CCCCC1. The highest BCUT2D eigenvalue weighted by Gasteiger charge is 2.28. The molecule has 0 heterocycles. The second-order valence-corrected chi connectivity index (χ2v) is 5.50. The van der Waals surface area contributed by atoms with Gasteiger partial charge in [0.05, 0.1) is 5.60 Å². The highest BCUT2D eigenvalue weighted by molar-refractivity contribution is 5.79. The lowest BCUT2D eigenvalue weighted by atomic mass is 9.88. The number of hydrogen-bond donors (Lipinski definition) is 1. The molecule has 0 radical (unpaired) electrons. The fourth-order valence-corrected chi connectivity index (χ4v) is 2.42. The summed E-state index contributed by atoms with van der Waals surface area (Å²) < 4.78 is 0. The van der Waals surface area contributed by atoms with Crippen molar-refractivity contribution in [3.05, 3.63) is 0 Å². The van der Waals surface area contributed by atoms with Crippen LogP contribution in [0.4, 0.5) is 0 Å². The number of aliphatic hydroxyl groups is 1. The van der Waals surface area contributed by atoms with Crippen molar-refractivity contribution in [1.82, 2.24) is 4.90 Å². The first-order valence-corrected chi connectivity index (χ1v) is 6.45. The molecule has 1 amide bonds. The summed E-state index contributed by atoms with van der Waals surface area (Å²) in [4.78, 5) is 14.0. The van der Waals surface area contributed by atoms with Gasteiger partial charge in [0.15, 0.2) is 0 Å². The smallest absolute Gasteiger partial charge is 0.225 e. The molecule has 0 saturated heterocycles. The molecule has 94 valence electrons. The van der Waals surface area contributed by atoms with Gasteiger partial charge in [-0.05, 0) is 33.6 Å². The van der Waals surface area contributed by atoms with Gasteiger partial charge in [-0.2, -0.15) is 0 Å². The van der Waals surface area contributed by atoms with Crippen molar-refractivity contribution in [1.29, 1.82) is 0 Å². The van der Waals surface area contributed by atoms with E-state index in [1.54, 1.807) is 18.7 Å². The van der Waals surface area contributed by atoms with Crippen LogP contribution in [-0.2, 0) is 4.79 Å². The quantitative estimate of drug-likeness (QED) is 0.799. The van der Waals surface area contributed by atoms with Crippen molar-refractivity contribution in [2.24, 2.45) is 5.92 Å². The third-order valence-corrected chi connectivity index (χ3v) is 3.23. The first-order chi connectivity index (χ1) is 7.44. The molecule has 0 spiro atoms. The zero-order valence-corrected chi connectivity index (χ0v) is 10.8. The molecule has 0 unspecified atom stereocenters. The van der Waals surface area contributed by atoms with Gasteiger partial charge in [0.1, 0.15) is 0 Å². The van der Waals surface area contributed by atoms with Gasteiger partial charge in [-0.3, -0.25) is 4.79 Å². The van der Waals surface area contributed by atoms with E-state index in [0.717, 1.165) is 12.8 Å². The van der Waals surface area contributed by atoms with E-state index in [0.29, 0.717) is 13.1 Å². The van der Waals surface area contributed by atoms with Crippen LogP contribution in [0.25, 0.3) is 0 Å². The Bertz CT molecular complexity index is 227. The van der Waals surface area contributed by atoms with E-state index in [1.165, 1.54) is 19.3 Å². The lowest BCUT2D eigenvalue weighted by Crippen LogP contribution is -2.45. The summed E-state index contributed by atoms with van der Waals surface area (Å²) >= 11 is 0. The van der Waals surface area contributed by atoms with Crippen molar-refractivity contribution in [2.75, 3.05) is 13.1 Å². The zero-order valence-electron chi connectivity index (χ0n) is 10.8. The number of carbonyl (C=O) groups excluding carboxylic acids is 1. The Hall–Kier alpha value is -0.570. The average molecular weight is 227 g/mol. The van der Waals surface area contributed by atoms with Crippen LogP contribution in [0.3, 0.4) is 0 Å². The third-order valence-electron chi connectivity index (χ3n) is 3.23. The molecule has 1 N–H and O–H groups in total. The lowest BCUT2D eigenvalue weighted by molar-refractivity contribution is -0.139. The lowest BCUT2D eigenvalue weighted by Gasteiger charge is -2.32. The van der Waals surface area contributed by atoms with E-state index in [-0.39, 0.29) is 11.8 Å². The molecular formula is C13H25NO2. The van der Waals surface area contributed by atoms with Crippen LogP contribution in [-0.4, -0.2) is 34.6 Å². The number of carbonyl (C=O) groups is 1. The topological polar surface area (TPSA) is 40.5 Å². The first-order valence-electron chi connectivity index (χ1n) is 6.45.